The number of aryl methyl sites for hydroxylation is 1. The number of benzene rings is 1. The van der Waals surface area contributed by atoms with E-state index in [1.807, 2.05) is 19.1 Å². The van der Waals surface area contributed by atoms with Crippen LogP contribution in [-0.2, 0) is 6.18 Å². The molecule has 1 aromatic carbocycles. The minimum atomic E-state index is -4.59. The van der Waals surface area contributed by atoms with E-state index in [-0.39, 0.29) is 5.16 Å². The number of thioether (sulfide) groups is 1. The van der Waals surface area contributed by atoms with E-state index in [1.54, 1.807) is 18.4 Å². The summed E-state index contributed by atoms with van der Waals surface area (Å²) in [5.74, 6) is -1.13. The Morgan fingerprint density at radius 2 is 1.85 bits per heavy atom. The van der Waals surface area contributed by atoms with Gasteiger partial charge in [-0.25, -0.2) is 0 Å². The van der Waals surface area contributed by atoms with Crippen molar-refractivity contribution >= 4 is 18.0 Å². The predicted octanol–water partition coefficient (Wildman–Crippen LogP) is 3.21. The van der Waals surface area contributed by atoms with Crippen molar-refractivity contribution in [3.63, 3.8) is 0 Å². The molecule has 0 saturated heterocycles. The van der Waals surface area contributed by atoms with Gasteiger partial charge < -0.3 is 0 Å². The standard InChI is InChI=1S/C12H11F3N4S/c1-8-3-5-9(6-4-8)7-16-19-10(12(13,14)15)17-18-11(19)20-2/h3-7H,1-2H3/b16-7+. The number of hydrogen-bond donors (Lipinski definition) is 0. The van der Waals surface area contributed by atoms with Crippen LogP contribution in [0.25, 0.3) is 0 Å². The largest absolute Gasteiger partial charge is 0.453 e. The van der Waals surface area contributed by atoms with Crippen LogP contribution >= 0.6 is 11.8 Å². The lowest BCUT2D eigenvalue weighted by atomic mass is 10.2. The molecule has 0 aliphatic carbocycles. The van der Waals surface area contributed by atoms with Crippen molar-refractivity contribution in [3.05, 3.63) is 41.2 Å². The first-order valence-electron chi connectivity index (χ1n) is 5.59. The zero-order chi connectivity index (χ0) is 14.8. The van der Waals surface area contributed by atoms with Crippen LogP contribution in [0.5, 0.6) is 0 Å². The van der Waals surface area contributed by atoms with Gasteiger partial charge in [0.1, 0.15) is 0 Å². The smallest absolute Gasteiger partial charge is 0.183 e. The summed E-state index contributed by atoms with van der Waals surface area (Å²) >= 11 is 1.05. The minimum Gasteiger partial charge on any atom is -0.183 e. The SMILES string of the molecule is CSc1nnc(C(F)(F)F)n1/N=C/c1ccc(C)cc1. The molecule has 2 rings (SSSR count). The normalized spacial score (nSPS) is 12.2. The summed E-state index contributed by atoms with van der Waals surface area (Å²) in [5.41, 5.74) is 1.76. The van der Waals surface area contributed by atoms with Crippen molar-refractivity contribution < 1.29 is 13.2 Å². The molecule has 0 aliphatic heterocycles. The zero-order valence-electron chi connectivity index (χ0n) is 10.7. The Kier molecular flexibility index (Phi) is 4.12. The van der Waals surface area contributed by atoms with Gasteiger partial charge in [-0.1, -0.05) is 41.6 Å². The van der Waals surface area contributed by atoms with Crippen molar-refractivity contribution in [1.82, 2.24) is 14.9 Å². The van der Waals surface area contributed by atoms with E-state index in [2.05, 4.69) is 15.3 Å². The fourth-order valence-electron chi connectivity index (χ4n) is 1.45. The van der Waals surface area contributed by atoms with Crippen LogP contribution in [-0.4, -0.2) is 27.3 Å². The van der Waals surface area contributed by atoms with E-state index >= 15 is 0 Å². The van der Waals surface area contributed by atoms with E-state index in [0.29, 0.717) is 10.2 Å². The molecular weight excluding hydrogens is 289 g/mol. The first-order chi connectivity index (χ1) is 9.41. The molecule has 1 aromatic heterocycles. The summed E-state index contributed by atoms with van der Waals surface area (Å²) in [6, 6.07) is 7.26. The summed E-state index contributed by atoms with van der Waals surface area (Å²) < 4.78 is 39.0. The molecule has 0 radical (unpaired) electrons. The van der Waals surface area contributed by atoms with Crippen molar-refractivity contribution in [3.8, 4) is 0 Å². The minimum absolute atomic E-state index is 0.0840. The van der Waals surface area contributed by atoms with Crippen molar-refractivity contribution in [2.24, 2.45) is 5.10 Å². The predicted molar refractivity (Wildman–Crippen MR) is 71.0 cm³/mol. The van der Waals surface area contributed by atoms with Gasteiger partial charge in [0.25, 0.3) is 5.82 Å². The van der Waals surface area contributed by atoms with Crippen LogP contribution in [0.2, 0.25) is 0 Å². The van der Waals surface area contributed by atoms with Gasteiger partial charge >= 0.3 is 6.18 Å². The summed E-state index contributed by atoms with van der Waals surface area (Å²) in [6.07, 6.45) is -1.63. The molecular formula is C12H11F3N4S. The molecule has 0 unspecified atom stereocenters. The molecule has 4 nitrogen and oxygen atoms in total. The Bertz CT molecular complexity index is 617. The average molecular weight is 300 g/mol. The third-order valence-corrected chi connectivity index (χ3v) is 3.07. The third-order valence-electron chi connectivity index (χ3n) is 2.45. The molecule has 106 valence electrons. The van der Waals surface area contributed by atoms with Gasteiger partial charge in [0.2, 0.25) is 5.16 Å². The van der Waals surface area contributed by atoms with Gasteiger partial charge in [0.05, 0.1) is 6.21 Å². The van der Waals surface area contributed by atoms with Gasteiger partial charge in [0, 0.05) is 0 Å². The van der Waals surface area contributed by atoms with E-state index in [4.69, 9.17) is 0 Å². The van der Waals surface area contributed by atoms with Gasteiger partial charge in [-0.15, -0.1) is 10.2 Å². The van der Waals surface area contributed by atoms with Crippen molar-refractivity contribution in [2.45, 2.75) is 18.3 Å². The number of rotatable bonds is 3. The van der Waals surface area contributed by atoms with E-state index in [0.717, 1.165) is 17.3 Å². The Morgan fingerprint density at radius 3 is 2.40 bits per heavy atom. The van der Waals surface area contributed by atoms with Crippen molar-refractivity contribution in [1.29, 1.82) is 0 Å². The lowest BCUT2D eigenvalue weighted by Gasteiger charge is -2.05. The van der Waals surface area contributed by atoms with E-state index in [1.165, 1.54) is 6.21 Å². The molecule has 1 heterocycles. The lowest BCUT2D eigenvalue weighted by Crippen LogP contribution is -2.13. The van der Waals surface area contributed by atoms with E-state index in [9.17, 15) is 13.2 Å². The molecule has 0 amide bonds. The highest BCUT2D eigenvalue weighted by Gasteiger charge is 2.38. The number of halogens is 3. The molecule has 2 aromatic rings. The summed E-state index contributed by atoms with van der Waals surface area (Å²) in [6.45, 7) is 1.92. The van der Waals surface area contributed by atoms with Crippen LogP contribution in [0.3, 0.4) is 0 Å². The zero-order valence-corrected chi connectivity index (χ0v) is 11.5. The number of aromatic nitrogens is 3. The topological polar surface area (TPSA) is 43.1 Å². The van der Waals surface area contributed by atoms with Crippen molar-refractivity contribution in [2.75, 3.05) is 6.26 Å². The monoisotopic (exact) mass is 300 g/mol. The molecule has 8 heteroatoms. The Morgan fingerprint density at radius 1 is 1.20 bits per heavy atom. The second-order valence-electron chi connectivity index (χ2n) is 3.98. The molecule has 0 saturated carbocycles. The molecule has 0 aliphatic rings. The van der Waals surface area contributed by atoms with Gasteiger partial charge in [0.15, 0.2) is 0 Å². The third kappa shape index (κ3) is 3.19. The molecule has 0 spiro atoms. The highest BCUT2D eigenvalue weighted by Crippen LogP contribution is 2.29. The Hall–Kier alpha value is -1.83. The molecule has 20 heavy (non-hydrogen) atoms. The van der Waals surface area contributed by atoms with Gasteiger partial charge in [-0.2, -0.15) is 22.9 Å². The molecule has 0 atom stereocenters. The number of alkyl halides is 3. The highest BCUT2D eigenvalue weighted by atomic mass is 32.2. The van der Waals surface area contributed by atoms with E-state index < -0.39 is 12.0 Å². The van der Waals surface area contributed by atoms with Crippen LogP contribution < -0.4 is 0 Å². The fourth-order valence-corrected chi connectivity index (χ4v) is 1.88. The Labute approximate surface area is 117 Å². The van der Waals surface area contributed by atoms with Crippen LogP contribution in [0.1, 0.15) is 17.0 Å². The maximum absolute atomic E-state index is 12.8. The fraction of sp³-hybridized carbons (Fsp3) is 0.250. The van der Waals surface area contributed by atoms with Crippen LogP contribution in [0, 0.1) is 6.92 Å². The number of hydrogen-bond acceptors (Lipinski definition) is 4. The molecule has 0 bridgehead atoms. The summed E-state index contributed by atoms with van der Waals surface area (Å²) in [4.78, 5) is 0. The van der Waals surface area contributed by atoms with Crippen LogP contribution in [0.4, 0.5) is 13.2 Å². The summed E-state index contributed by atoms with van der Waals surface area (Å²) in [7, 11) is 0. The first kappa shape index (κ1) is 14.6. The maximum atomic E-state index is 12.8. The average Bonchev–Trinajstić information content (AvgIpc) is 2.81. The molecule has 0 N–H and O–H groups in total. The molecule has 0 fully saturated rings. The number of nitrogens with zero attached hydrogens (tertiary/aromatic N) is 4. The Balaban J connectivity index is 2.37. The summed E-state index contributed by atoms with van der Waals surface area (Å²) in [5, 5.41) is 10.5. The van der Waals surface area contributed by atoms with Gasteiger partial charge in [-0.3, -0.25) is 0 Å². The quantitative estimate of drug-likeness (QED) is 0.646. The second-order valence-corrected chi connectivity index (χ2v) is 4.75. The first-order valence-corrected chi connectivity index (χ1v) is 6.82. The highest BCUT2D eigenvalue weighted by molar-refractivity contribution is 7.98. The van der Waals surface area contributed by atoms with Gasteiger partial charge in [-0.05, 0) is 18.7 Å². The van der Waals surface area contributed by atoms with Crippen LogP contribution in [0.15, 0.2) is 34.5 Å². The lowest BCUT2D eigenvalue weighted by molar-refractivity contribution is -0.147. The maximum Gasteiger partial charge on any atom is 0.453 e. The second kappa shape index (κ2) is 5.66.